The number of carbonyl (C=O) groups is 2. The van der Waals surface area contributed by atoms with Gasteiger partial charge in [-0.1, -0.05) is 22.9 Å². The molecule has 0 aromatic heterocycles. The summed E-state index contributed by atoms with van der Waals surface area (Å²) in [4.78, 5) is 19.8. The number of alkyl halides is 1. The molecule has 0 aliphatic rings. The molecule has 1 unspecified atom stereocenters. The second-order valence-corrected chi connectivity index (χ2v) is 3.28. The first kappa shape index (κ1) is 9.42. The third-order valence-electron chi connectivity index (χ3n) is 0.991. The van der Waals surface area contributed by atoms with E-state index in [0.717, 1.165) is 0 Å². The predicted octanol–water partition coefficient (Wildman–Crippen LogP) is 0.555. The summed E-state index contributed by atoms with van der Waals surface area (Å²) < 4.78 is 0. The van der Waals surface area contributed by atoms with Crippen molar-refractivity contribution in [3.05, 3.63) is 0 Å². The van der Waals surface area contributed by atoms with E-state index < -0.39 is 22.7 Å². The largest absolute Gasteiger partial charge is 0.481 e. The van der Waals surface area contributed by atoms with Crippen LogP contribution in [0.5, 0.6) is 0 Å². The van der Waals surface area contributed by atoms with Gasteiger partial charge in [0.05, 0.1) is 0 Å². The summed E-state index contributed by atoms with van der Waals surface area (Å²) >= 11 is 2.88. The molecule has 1 atom stereocenters. The van der Waals surface area contributed by atoms with Crippen LogP contribution in [0.2, 0.25) is 0 Å². The molecule has 0 aromatic rings. The van der Waals surface area contributed by atoms with Crippen molar-refractivity contribution in [3.8, 4) is 0 Å². The molecule has 4 nitrogen and oxygen atoms in total. The maximum Gasteiger partial charge on any atom is 0.319 e. The van der Waals surface area contributed by atoms with E-state index in [1.807, 2.05) is 0 Å². The van der Waals surface area contributed by atoms with Crippen molar-refractivity contribution in [2.45, 2.75) is 11.8 Å². The number of carboxylic acids is 2. The van der Waals surface area contributed by atoms with E-state index in [9.17, 15) is 9.59 Å². The third kappa shape index (κ3) is 2.34. The van der Waals surface area contributed by atoms with Gasteiger partial charge in [0.1, 0.15) is 0 Å². The topological polar surface area (TPSA) is 74.6 Å². The lowest BCUT2D eigenvalue weighted by atomic mass is 10.1. The lowest BCUT2D eigenvalue weighted by Crippen LogP contribution is -2.29. The molecule has 0 saturated carbocycles. The average molecular weight is 211 g/mol. The zero-order valence-electron chi connectivity index (χ0n) is 5.24. The maximum absolute atomic E-state index is 10.2. The standard InChI is InChI=1S/C5H7BrO4/c1-2(6)3(4(7)8)5(9)10/h2-3H,1H3,(H,7,8)(H,9,10). The lowest BCUT2D eigenvalue weighted by Gasteiger charge is -2.07. The van der Waals surface area contributed by atoms with Crippen LogP contribution in [0.3, 0.4) is 0 Å². The zero-order chi connectivity index (χ0) is 8.31. The molecule has 0 saturated heterocycles. The molecule has 0 amide bonds. The first-order valence-corrected chi connectivity index (χ1v) is 3.48. The number of halogens is 1. The fourth-order valence-electron chi connectivity index (χ4n) is 0.499. The molecule has 10 heavy (non-hydrogen) atoms. The quantitative estimate of drug-likeness (QED) is 0.528. The molecule has 0 aliphatic heterocycles. The number of rotatable bonds is 3. The average Bonchev–Trinajstić information content (AvgIpc) is 1.59. The molecule has 0 bridgehead atoms. The normalized spacial score (nSPS) is 13.1. The minimum Gasteiger partial charge on any atom is -0.481 e. The van der Waals surface area contributed by atoms with E-state index >= 15 is 0 Å². The van der Waals surface area contributed by atoms with Gasteiger partial charge in [-0.3, -0.25) is 9.59 Å². The van der Waals surface area contributed by atoms with Gasteiger partial charge in [0.2, 0.25) is 0 Å². The summed E-state index contributed by atoms with van der Waals surface area (Å²) in [7, 11) is 0. The highest BCUT2D eigenvalue weighted by Crippen LogP contribution is 2.12. The molecule has 0 spiro atoms. The molecule has 0 fully saturated rings. The first-order valence-electron chi connectivity index (χ1n) is 2.56. The Labute approximate surface area is 66.0 Å². The summed E-state index contributed by atoms with van der Waals surface area (Å²) in [6.45, 7) is 1.48. The fourth-order valence-corrected chi connectivity index (χ4v) is 0.951. The van der Waals surface area contributed by atoms with Crippen molar-refractivity contribution >= 4 is 27.9 Å². The van der Waals surface area contributed by atoms with E-state index in [1.54, 1.807) is 0 Å². The van der Waals surface area contributed by atoms with Crippen LogP contribution >= 0.6 is 15.9 Å². The van der Waals surface area contributed by atoms with Crippen LogP contribution in [-0.4, -0.2) is 27.0 Å². The Kier molecular flexibility index (Phi) is 3.35. The van der Waals surface area contributed by atoms with Gasteiger partial charge in [0, 0.05) is 4.83 Å². The van der Waals surface area contributed by atoms with E-state index in [-0.39, 0.29) is 0 Å². The van der Waals surface area contributed by atoms with Crippen LogP contribution < -0.4 is 0 Å². The van der Waals surface area contributed by atoms with E-state index in [0.29, 0.717) is 0 Å². The molecule has 5 heteroatoms. The summed E-state index contributed by atoms with van der Waals surface area (Å²) in [6.07, 6.45) is 0. The summed E-state index contributed by atoms with van der Waals surface area (Å²) in [5.74, 6) is -4.01. The molecular weight excluding hydrogens is 204 g/mol. The Balaban J connectivity index is 4.27. The highest BCUT2D eigenvalue weighted by molar-refractivity contribution is 9.09. The Morgan fingerprint density at radius 1 is 1.30 bits per heavy atom. The third-order valence-corrected chi connectivity index (χ3v) is 1.52. The summed E-state index contributed by atoms with van der Waals surface area (Å²) in [6, 6.07) is 0. The Hall–Kier alpha value is -0.580. The van der Waals surface area contributed by atoms with Gasteiger partial charge < -0.3 is 10.2 Å². The zero-order valence-corrected chi connectivity index (χ0v) is 6.83. The molecule has 58 valence electrons. The van der Waals surface area contributed by atoms with Gasteiger partial charge in [0.25, 0.3) is 0 Å². The second-order valence-electron chi connectivity index (χ2n) is 1.83. The van der Waals surface area contributed by atoms with Gasteiger partial charge >= 0.3 is 11.9 Å². The van der Waals surface area contributed by atoms with E-state index in [1.165, 1.54) is 6.92 Å². The molecule has 2 N–H and O–H groups in total. The molecule has 0 radical (unpaired) electrons. The molecular formula is C5H7BrO4. The minimum atomic E-state index is -1.36. The Morgan fingerprint density at radius 3 is 1.60 bits per heavy atom. The molecule has 0 aromatic carbocycles. The SMILES string of the molecule is CC(Br)C(C(=O)O)C(=O)O. The van der Waals surface area contributed by atoms with Crippen molar-refractivity contribution in [1.29, 1.82) is 0 Å². The van der Waals surface area contributed by atoms with Crippen LogP contribution in [0.1, 0.15) is 6.92 Å². The monoisotopic (exact) mass is 210 g/mol. The van der Waals surface area contributed by atoms with Gasteiger partial charge in [-0.05, 0) is 0 Å². The molecule has 0 rings (SSSR count). The highest BCUT2D eigenvalue weighted by atomic mass is 79.9. The lowest BCUT2D eigenvalue weighted by molar-refractivity contribution is -0.154. The number of hydrogen-bond acceptors (Lipinski definition) is 2. The van der Waals surface area contributed by atoms with E-state index in [4.69, 9.17) is 10.2 Å². The van der Waals surface area contributed by atoms with Crippen LogP contribution in [0, 0.1) is 5.92 Å². The Morgan fingerprint density at radius 2 is 1.60 bits per heavy atom. The summed E-state index contributed by atoms with van der Waals surface area (Å²) in [5, 5.41) is 16.6. The number of aliphatic carboxylic acids is 2. The van der Waals surface area contributed by atoms with Crippen LogP contribution in [0.25, 0.3) is 0 Å². The maximum atomic E-state index is 10.2. The summed E-state index contributed by atoms with van der Waals surface area (Å²) in [5.41, 5.74) is 0. The Bertz CT molecular complexity index is 140. The van der Waals surface area contributed by atoms with Gasteiger partial charge in [0.15, 0.2) is 5.92 Å². The van der Waals surface area contributed by atoms with Gasteiger partial charge in [-0.15, -0.1) is 0 Å². The van der Waals surface area contributed by atoms with Gasteiger partial charge in [-0.2, -0.15) is 0 Å². The smallest absolute Gasteiger partial charge is 0.319 e. The number of hydrogen-bond donors (Lipinski definition) is 2. The minimum absolute atomic E-state index is 0.553. The van der Waals surface area contributed by atoms with Crippen molar-refractivity contribution in [3.63, 3.8) is 0 Å². The van der Waals surface area contributed by atoms with Crippen LogP contribution in [-0.2, 0) is 9.59 Å². The number of carboxylic acid groups (broad SMARTS) is 2. The first-order chi connectivity index (χ1) is 4.46. The van der Waals surface area contributed by atoms with Crippen molar-refractivity contribution < 1.29 is 19.8 Å². The molecule has 0 heterocycles. The second kappa shape index (κ2) is 3.55. The van der Waals surface area contributed by atoms with Crippen molar-refractivity contribution in [2.24, 2.45) is 5.92 Å². The van der Waals surface area contributed by atoms with E-state index in [2.05, 4.69) is 15.9 Å². The van der Waals surface area contributed by atoms with Crippen LogP contribution in [0.4, 0.5) is 0 Å². The van der Waals surface area contributed by atoms with Crippen molar-refractivity contribution in [2.75, 3.05) is 0 Å². The van der Waals surface area contributed by atoms with Crippen molar-refractivity contribution in [1.82, 2.24) is 0 Å². The highest BCUT2D eigenvalue weighted by Gasteiger charge is 2.29. The van der Waals surface area contributed by atoms with Gasteiger partial charge in [-0.25, -0.2) is 0 Å². The molecule has 0 aliphatic carbocycles. The predicted molar refractivity (Wildman–Crippen MR) is 37.2 cm³/mol. The van der Waals surface area contributed by atoms with Crippen LogP contribution in [0.15, 0.2) is 0 Å². The fraction of sp³-hybridized carbons (Fsp3) is 0.600.